The fraction of sp³-hybridized carbons (Fsp3) is 0.350. The quantitative estimate of drug-likeness (QED) is 0.876. The molecule has 1 amide bonds. The van der Waals surface area contributed by atoms with Crippen LogP contribution in [-0.2, 0) is 15.6 Å². The number of carbonyl (C=O) groups excluding carboxylic acids is 1. The van der Waals surface area contributed by atoms with Crippen molar-refractivity contribution in [2.45, 2.75) is 38.5 Å². The summed E-state index contributed by atoms with van der Waals surface area (Å²) in [6.45, 7) is 7.79. The highest BCUT2D eigenvalue weighted by molar-refractivity contribution is 5.93. The molecule has 0 saturated heterocycles. The Hall–Kier alpha value is -2.69. The van der Waals surface area contributed by atoms with Gasteiger partial charge in [-0.15, -0.1) is 0 Å². The molecule has 1 atom stereocenters. The average molecular weight is 340 g/mol. The normalized spacial score (nSPS) is 13.8. The number of aliphatic carboxylic acids is 1. The van der Waals surface area contributed by atoms with Crippen molar-refractivity contribution in [1.82, 2.24) is 10.3 Å². The molecule has 25 heavy (non-hydrogen) atoms. The molecule has 0 bridgehead atoms. The first-order valence-corrected chi connectivity index (χ1v) is 8.18. The summed E-state index contributed by atoms with van der Waals surface area (Å²) in [7, 11) is 0. The maximum atomic E-state index is 12.3. The first-order chi connectivity index (χ1) is 11.6. The second-order valence-corrected chi connectivity index (χ2v) is 7.37. The number of aromatic nitrogens is 1. The van der Waals surface area contributed by atoms with Crippen molar-refractivity contribution in [2.75, 3.05) is 6.54 Å². The maximum Gasteiger partial charge on any atom is 0.315 e. The van der Waals surface area contributed by atoms with E-state index >= 15 is 0 Å². The average Bonchev–Trinajstić information content (AvgIpc) is 2.59. The summed E-state index contributed by atoms with van der Waals surface area (Å²) >= 11 is 0. The van der Waals surface area contributed by atoms with Gasteiger partial charge in [0.2, 0.25) is 0 Å². The van der Waals surface area contributed by atoms with Crippen LogP contribution in [0.2, 0.25) is 0 Å². The molecule has 1 unspecified atom stereocenters. The standard InChI is InChI=1S/C20H24N2O3/c1-19(2,3)15-10-11-16(21-12-15)17(23)22-13-20(4,18(24)25)14-8-6-5-7-9-14/h5-12H,13H2,1-4H3,(H,22,23)(H,24,25). The number of hydrogen-bond acceptors (Lipinski definition) is 3. The van der Waals surface area contributed by atoms with Gasteiger partial charge in [0.1, 0.15) is 11.1 Å². The van der Waals surface area contributed by atoms with Crippen molar-refractivity contribution in [3.63, 3.8) is 0 Å². The minimum Gasteiger partial charge on any atom is -0.481 e. The Labute approximate surface area is 148 Å². The molecule has 5 nitrogen and oxygen atoms in total. The van der Waals surface area contributed by atoms with E-state index in [0.29, 0.717) is 5.56 Å². The molecule has 5 heteroatoms. The molecule has 2 N–H and O–H groups in total. The van der Waals surface area contributed by atoms with Gasteiger partial charge in [0.05, 0.1) is 0 Å². The smallest absolute Gasteiger partial charge is 0.315 e. The van der Waals surface area contributed by atoms with Gasteiger partial charge in [-0.3, -0.25) is 14.6 Å². The van der Waals surface area contributed by atoms with Gasteiger partial charge >= 0.3 is 5.97 Å². The minimum absolute atomic E-state index is 0.0200. The van der Waals surface area contributed by atoms with Crippen LogP contribution in [0.4, 0.5) is 0 Å². The Morgan fingerprint density at radius 2 is 1.64 bits per heavy atom. The molecule has 0 aliphatic rings. The van der Waals surface area contributed by atoms with E-state index < -0.39 is 11.4 Å². The molecule has 0 saturated carbocycles. The van der Waals surface area contributed by atoms with E-state index in [9.17, 15) is 14.7 Å². The van der Waals surface area contributed by atoms with E-state index in [0.717, 1.165) is 5.56 Å². The monoisotopic (exact) mass is 340 g/mol. The number of amides is 1. The maximum absolute atomic E-state index is 12.3. The largest absolute Gasteiger partial charge is 0.481 e. The Bertz CT molecular complexity index is 749. The van der Waals surface area contributed by atoms with Crippen LogP contribution in [0.15, 0.2) is 48.7 Å². The lowest BCUT2D eigenvalue weighted by Crippen LogP contribution is -2.44. The predicted octanol–water partition coefficient (Wildman–Crippen LogP) is 3.15. The SMILES string of the molecule is CC(C)(C)c1ccc(C(=O)NCC(C)(C(=O)O)c2ccccc2)nc1. The van der Waals surface area contributed by atoms with Crippen LogP contribution in [0, 0.1) is 0 Å². The lowest BCUT2D eigenvalue weighted by Gasteiger charge is -2.25. The number of hydrogen-bond donors (Lipinski definition) is 2. The topological polar surface area (TPSA) is 79.3 Å². The van der Waals surface area contributed by atoms with Gasteiger partial charge in [-0.2, -0.15) is 0 Å². The Balaban J connectivity index is 2.13. The van der Waals surface area contributed by atoms with Crippen LogP contribution in [-0.4, -0.2) is 28.5 Å². The summed E-state index contributed by atoms with van der Waals surface area (Å²) < 4.78 is 0. The molecule has 0 radical (unpaired) electrons. The summed E-state index contributed by atoms with van der Waals surface area (Å²) in [5.74, 6) is -1.38. The zero-order valence-electron chi connectivity index (χ0n) is 15.0. The molecule has 2 aromatic rings. The van der Waals surface area contributed by atoms with Gasteiger partial charge in [0.15, 0.2) is 0 Å². The third kappa shape index (κ3) is 4.24. The van der Waals surface area contributed by atoms with Crippen molar-refractivity contribution < 1.29 is 14.7 Å². The molecule has 1 heterocycles. The molecule has 0 spiro atoms. The van der Waals surface area contributed by atoms with Gasteiger partial charge in [-0.25, -0.2) is 0 Å². The Morgan fingerprint density at radius 3 is 2.12 bits per heavy atom. The molecule has 1 aromatic heterocycles. The van der Waals surface area contributed by atoms with E-state index in [1.54, 1.807) is 43.5 Å². The zero-order valence-corrected chi connectivity index (χ0v) is 15.0. The van der Waals surface area contributed by atoms with Gasteiger partial charge in [-0.05, 0) is 29.5 Å². The summed E-state index contributed by atoms with van der Waals surface area (Å²) in [6, 6.07) is 12.4. The first kappa shape index (κ1) is 18.6. The lowest BCUT2D eigenvalue weighted by atomic mass is 9.82. The summed E-state index contributed by atoms with van der Waals surface area (Å²) in [4.78, 5) is 28.3. The van der Waals surface area contributed by atoms with E-state index in [2.05, 4.69) is 31.1 Å². The summed E-state index contributed by atoms with van der Waals surface area (Å²) in [5, 5.41) is 12.3. The number of carboxylic acid groups (broad SMARTS) is 1. The first-order valence-electron chi connectivity index (χ1n) is 8.18. The van der Waals surface area contributed by atoms with Crippen LogP contribution in [0.25, 0.3) is 0 Å². The number of carbonyl (C=O) groups is 2. The van der Waals surface area contributed by atoms with Crippen molar-refractivity contribution in [2.24, 2.45) is 0 Å². The third-order valence-corrected chi connectivity index (χ3v) is 4.35. The van der Waals surface area contributed by atoms with E-state index in [1.165, 1.54) is 0 Å². The second-order valence-electron chi connectivity index (χ2n) is 7.37. The highest BCUT2D eigenvalue weighted by Crippen LogP contribution is 2.24. The lowest BCUT2D eigenvalue weighted by molar-refractivity contribution is -0.142. The predicted molar refractivity (Wildman–Crippen MR) is 96.7 cm³/mol. The molecule has 2 rings (SSSR count). The van der Waals surface area contributed by atoms with E-state index in [4.69, 9.17) is 0 Å². The number of nitrogens with one attached hydrogen (secondary N) is 1. The molecule has 0 fully saturated rings. The molecular weight excluding hydrogens is 316 g/mol. The van der Waals surface area contributed by atoms with Gasteiger partial charge < -0.3 is 10.4 Å². The number of pyridine rings is 1. The van der Waals surface area contributed by atoms with Crippen LogP contribution in [0.3, 0.4) is 0 Å². The fourth-order valence-electron chi connectivity index (χ4n) is 2.43. The number of benzene rings is 1. The number of rotatable bonds is 5. The molecule has 132 valence electrons. The Morgan fingerprint density at radius 1 is 1.00 bits per heavy atom. The van der Waals surface area contributed by atoms with Crippen molar-refractivity contribution in [1.29, 1.82) is 0 Å². The fourth-order valence-corrected chi connectivity index (χ4v) is 2.43. The third-order valence-electron chi connectivity index (χ3n) is 4.35. The van der Waals surface area contributed by atoms with Gasteiger partial charge in [0, 0.05) is 12.7 Å². The van der Waals surface area contributed by atoms with Crippen molar-refractivity contribution in [3.8, 4) is 0 Å². The molecular formula is C20H24N2O3. The van der Waals surface area contributed by atoms with Crippen LogP contribution >= 0.6 is 0 Å². The Kier molecular flexibility index (Phi) is 5.26. The molecule has 0 aliphatic carbocycles. The molecule has 0 aliphatic heterocycles. The number of carboxylic acids is 1. The van der Waals surface area contributed by atoms with Crippen LogP contribution < -0.4 is 5.32 Å². The zero-order chi connectivity index (χ0) is 18.7. The minimum atomic E-state index is -1.21. The van der Waals surface area contributed by atoms with Gasteiger partial charge in [0.25, 0.3) is 5.91 Å². The summed E-state index contributed by atoms with van der Waals surface area (Å²) in [5.41, 5.74) is 0.691. The van der Waals surface area contributed by atoms with E-state index in [1.807, 2.05) is 12.1 Å². The van der Waals surface area contributed by atoms with E-state index in [-0.39, 0.29) is 23.6 Å². The molecule has 1 aromatic carbocycles. The highest BCUT2D eigenvalue weighted by atomic mass is 16.4. The van der Waals surface area contributed by atoms with Crippen molar-refractivity contribution in [3.05, 3.63) is 65.5 Å². The second kappa shape index (κ2) is 7.05. The summed E-state index contributed by atoms with van der Waals surface area (Å²) in [6.07, 6.45) is 1.68. The van der Waals surface area contributed by atoms with Crippen LogP contribution in [0.1, 0.15) is 49.3 Å². The van der Waals surface area contributed by atoms with Crippen molar-refractivity contribution >= 4 is 11.9 Å². The highest BCUT2D eigenvalue weighted by Gasteiger charge is 2.35. The van der Waals surface area contributed by atoms with Crippen LogP contribution in [0.5, 0.6) is 0 Å². The van der Waals surface area contributed by atoms with Gasteiger partial charge in [-0.1, -0.05) is 57.2 Å². The number of nitrogens with zero attached hydrogens (tertiary/aromatic N) is 1.